The van der Waals surface area contributed by atoms with Gasteiger partial charge in [-0.05, 0) is 22.9 Å². The summed E-state index contributed by atoms with van der Waals surface area (Å²) in [6.45, 7) is 0.813. The highest BCUT2D eigenvalue weighted by atomic mass is 16.8. The number of hydrogen-bond acceptors (Lipinski definition) is 8. The van der Waals surface area contributed by atoms with Crippen LogP contribution in [0.3, 0.4) is 0 Å². The van der Waals surface area contributed by atoms with E-state index in [4.69, 9.17) is 21.1 Å². The van der Waals surface area contributed by atoms with Crippen molar-refractivity contribution >= 4 is 44.9 Å². The van der Waals surface area contributed by atoms with E-state index in [9.17, 15) is 9.59 Å². The van der Waals surface area contributed by atoms with Crippen LogP contribution in [0.25, 0.3) is 21.5 Å². The Labute approximate surface area is 197 Å². The molecule has 0 saturated heterocycles. The zero-order valence-electron chi connectivity index (χ0n) is 18.6. The molecule has 0 unspecified atom stereocenters. The molecule has 0 heterocycles. The summed E-state index contributed by atoms with van der Waals surface area (Å²) in [7, 11) is 0. The van der Waals surface area contributed by atoms with Crippen molar-refractivity contribution < 1.29 is 19.3 Å². The van der Waals surface area contributed by atoms with E-state index >= 15 is 0 Å². The highest BCUT2D eigenvalue weighted by molar-refractivity contribution is 6.30. The molecule has 0 aliphatic heterocycles. The number of hydrogen-bond donors (Lipinski definition) is 2. The van der Waals surface area contributed by atoms with E-state index < -0.39 is 11.9 Å². The van der Waals surface area contributed by atoms with Gasteiger partial charge in [0.25, 0.3) is 0 Å². The van der Waals surface area contributed by atoms with Crippen LogP contribution in [-0.2, 0) is 19.3 Å². The highest BCUT2D eigenvalue weighted by Crippen LogP contribution is 2.28. The first-order valence-corrected chi connectivity index (χ1v) is 11.0. The van der Waals surface area contributed by atoms with Gasteiger partial charge in [-0.1, -0.05) is 72.8 Å². The van der Waals surface area contributed by atoms with E-state index in [-0.39, 0.29) is 26.2 Å². The lowest BCUT2D eigenvalue weighted by Gasteiger charge is -2.26. The average Bonchev–Trinajstić information content (AvgIpc) is 2.87. The monoisotopic (exact) mass is 458 g/mol. The summed E-state index contributed by atoms with van der Waals surface area (Å²) in [6, 6.07) is 26.5. The molecule has 0 aliphatic carbocycles. The molecular weight excluding hydrogens is 432 g/mol. The van der Waals surface area contributed by atoms with Gasteiger partial charge in [0.1, 0.15) is 0 Å². The second-order valence-electron chi connectivity index (χ2n) is 7.54. The van der Waals surface area contributed by atoms with Gasteiger partial charge in [0.15, 0.2) is 0 Å². The molecule has 0 amide bonds. The van der Waals surface area contributed by atoms with Crippen molar-refractivity contribution in [2.24, 2.45) is 11.5 Å². The van der Waals surface area contributed by atoms with Crippen LogP contribution in [0, 0.1) is 0 Å². The van der Waals surface area contributed by atoms with Crippen LogP contribution in [0.15, 0.2) is 84.9 Å². The van der Waals surface area contributed by atoms with Gasteiger partial charge >= 0.3 is 11.9 Å². The van der Waals surface area contributed by atoms with Crippen molar-refractivity contribution in [2.75, 3.05) is 36.3 Å². The Hall–Kier alpha value is -4.14. The average molecular weight is 459 g/mol. The molecule has 8 heteroatoms. The molecule has 0 fully saturated rings. The van der Waals surface area contributed by atoms with Crippen molar-refractivity contribution in [3.05, 3.63) is 84.9 Å². The maximum atomic E-state index is 12.7. The van der Waals surface area contributed by atoms with Crippen molar-refractivity contribution in [1.82, 2.24) is 0 Å². The second-order valence-corrected chi connectivity index (χ2v) is 7.54. The van der Waals surface area contributed by atoms with Crippen LogP contribution in [0.4, 0.5) is 11.4 Å². The third-order valence-corrected chi connectivity index (χ3v) is 5.29. The second kappa shape index (κ2) is 10.7. The minimum absolute atomic E-state index is 0.197. The number of carbonyl (C=O) groups excluding carboxylic acids is 2. The zero-order chi connectivity index (χ0) is 23.9. The molecule has 0 spiro atoms. The van der Waals surface area contributed by atoms with Gasteiger partial charge in [0.2, 0.25) is 0 Å². The number of nitrogens with two attached hydrogens (primary N) is 2. The van der Waals surface area contributed by atoms with Gasteiger partial charge in [-0.15, -0.1) is 0 Å². The topological polar surface area (TPSA) is 111 Å². The predicted molar refractivity (Wildman–Crippen MR) is 133 cm³/mol. The Morgan fingerprint density at radius 1 is 0.588 bits per heavy atom. The lowest BCUT2D eigenvalue weighted by Crippen LogP contribution is -2.39. The fourth-order valence-corrected chi connectivity index (χ4v) is 3.79. The van der Waals surface area contributed by atoms with E-state index in [1.807, 2.05) is 72.8 Å². The zero-order valence-corrected chi connectivity index (χ0v) is 18.6. The van der Waals surface area contributed by atoms with E-state index in [2.05, 4.69) is 0 Å². The van der Waals surface area contributed by atoms with Crippen molar-refractivity contribution in [3.63, 3.8) is 0 Å². The van der Waals surface area contributed by atoms with Crippen molar-refractivity contribution in [3.8, 4) is 0 Å². The van der Waals surface area contributed by atoms with Crippen molar-refractivity contribution in [2.45, 2.75) is 0 Å². The maximum absolute atomic E-state index is 12.7. The van der Waals surface area contributed by atoms with Crippen LogP contribution in [-0.4, -0.2) is 38.1 Å². The lowest BCUT2D eigenvalue weighted by molar-refractivity contribution is -0.169. The van der Waals surface area contributed by atoms with Crippen LogP contribution in [0.1, 0.15) is 0 Å². The van der Waals surface area contributed by atoms with E-state index in [1.54, 1.807) is 12.1 Å². The van der Waals surface area contributed by atoms with Gasteiger partial charge in [-0.25, -0.2) is 19.7 Å². The van der Waals surface area contributed by atoms with Crippen LogP contribution in [0.2, 0.25) is 0 Å². The first kappa shape index (κ1) is 23.0. The molecule has 0 radical (unpaired) electrons. The normalized spacial score (nSPS) is 10.8. The summed E-state index contributed by atoms with van der Waals surface area (Å²) in [4.78, 5) is 36.3. The highest BCUT2D eigenvalue weighted by Gasteiger charge is 2.26. The minimum Gasteiger partial charge on any atom is -0.330 e. The van der Waals surface area contributed by atoms with E-state index in [0.717, 1.165) is 21.5 Å². The summed E-state index contributed by atoms with van der Waals surface area (Å²) in [6.07, 6.45) is 0. The summed E-state index contributed by atoms with van der Waals surface area (Å²) >= 11 is 0. The standard InChI is InChI=1S/C26H26N4O4/c27-15-17-29(23-13-5-9-19-7-1-3-11-21(19)23)33-25(31)26(32)34-30(18-16-28)24-14-6-10-20-8-2-4-12-22(20)24/h1-14H,15-18,27-28H2. The minimum atomic E-state index is -1.16. The van der Waals surface area contributed by atoms with Gasteiger partial charge in [0.05, 0.1) is 24.5 Å². The molecule has 174 valence electrons. The third kappa shape index (κ3) is 4.93. The summed E-state index contributed by atoms with van der Waals surface area (Å²) in [5, 5.41) is 6.28. The molecule has 0 bridgehead atoms. The van der Waals surface area contributed by atoms with Gasteiger partial charge in [0, 0.05) is 23.9 Å². The number of fused-ring (bicyclic) bond motifs is 2. The van der Waals surface area contributed by atoms with E-state index in [0.29, 0.717) is 11.4 Å². The maximum Gasteiger partial charge on any atom is 0.444 e. The molecule has 4 rings (SSSR count). The molecule has 8 nitrogen and oxygen atoms in total. The fraction of sp³-hybridized carbons (Fsp3) is 0.154. The Bertz CT molecular complexity index is 1200. The third-order valence-electron chi connectivity index (χ3n) is 5.29. The smallest absolute Gasteiger partial charge is 0.330 e. The van der Waals surface area contributed by atoms with E-state index in [1.165, 1.54) is 10.1 Å². The molecule has 34 heavy (non-hydrogen) atoms. The SMILES string of the molecule is NCCN(OC(=O)C(=O)ON(CCN)c1cccc2ccccc12)c1cccc2ccccc12. The number of rotatable bonds is 8. The molecular formula is C26H26N4O4. The Morgan fingerprint density at radius 3 is 1.38 bits per heavy atom. The molecule has 4 N–H and O–H groups in total. The number of carbonyl (C=O) groups is 2. The quantitative estimate of drug-likeness (QED) is 0.306. The van der Waals surface area contributed by atoms with Crippen LogP contribution in [0.5, 0.6) is 0 Å². The number of anilines is 2. The van der Waals surface area contributed by atoms with Gasteiger partial charge in [-0.2, -0.15) is 0 Å². The van der Waals surface area contributed by atoms with Crippen LogP contribution < -0.4 is 21.6 Å². The first-order valence-electron chi connectivity index (χ1n) is 11.0. The Morgan fingerprint density at radius 2 is 0.971 bits per heavy atom. The lowest BCUT2D eigenvalue weighted by atomic mass is 10.1. The van der Waals surface area contributed by atoms with Crippen molar-refractivity contribution in [1.29, 1.82) is 0 Å². The molecule has 0 aromatic heterocycles. The predicted octanol–water partition coefficient (Wildman–Crippen LogP) is 3.14. The number of hydroxylamine groups is 2. The Balaban J connectivity index is 1.55. The van der Waals surface area contributed by atoms with Gasteiger partial charge < -0.3 is 21.1 Å². The summed E-state index contributed by atoms with van der Waals surface area (Å²) in [5.74, 6) is -2.33. The molecule has 0 aliphatic rings. The number of nitrogens with zero attached hydrogens (tertiary/aromatic N) is 2. The number of benzene rings is 4. The molecule has 0 saturated carbocycles. The van der Waals surface area contributed by atoms with Gasteiger partial charge in [-0.3, -0.25) is 0 Å². The molecule has 0 atom stereocenters. The Kier molecular flexibility index (Phi) is 7.22. The fourth-order valence-electron chi connectivity index (χ4n) is 3.79. The molecule has 4 aromatic carbocycles. The molecule has 4 aromatic rings. The first-order chi connectivity index (χ1) is 16.6. The summed E-state index contributed by atoms with van der Waals surface area (Å²) in [5.41, 5.74) is 12.7. The summed E-state index contributed by atoms with van der Waals surface area (Å²) < 4.78 is 0. The van der Waals surface area contributed by atoms with Crippen LogP contribution >= 0.6 is 0 Å². The largest absolute Gasteiger partial charge is 0.444 e.